The minimum Gasteiger partial charge on any atom is -0.494 e. The van der Waals surface area contributed by atoms with Crippen molar-refractivity contribution in [3.05, 3.63) is 35.9 Å². The van der Waals surface area contributed by atoms with Crippen molar-refractivity contribution in [3.63, 3.8) is 0 Å². The van der Waals surface area contributed by atoms with Gasteiger partial charge in [-0.2, -0.15) is 5.10 Å². The number of aromatic nitrogens is 4. The Morgan fingerprint density at radius 3 is 2.81 bits per heavy atom. The smallest absolute Gasteiger partial charge is 0.146 e. The van der Waals surface area contributed by atoms with Gasteiger partial charge in [-0.25, -0.2) is 4.98 Å². The zero-order valence-electron chi connectivity index (χ0n) is 12.3. The van der Waals surface area contributed by atoms with Crippen molar-refractivity contribution in [1.29, 1.82) is 0 Å². The van der Waals surface area contributed by atoms with Crippen LogP contribution in [-0.2, 0) is 19.3 Å². The van der Waals surface area contributed by atoms with Gasteiger partial charge in [0.25, 0.3) is 0 Å². The fourth-order valence-corrected chi connectivity index (χ4v) is 2.78. The number of alkyl halides is 1. The predicted molar refractivity (Wildman–Crippen MR) is 83.3 cm³/mol. The summed E-state index contributed by atoms with van der Waals surface area (Å²) in [7, 11) is 3.57. The van der Waals surface area contributed by atoms with Crippen molar-refractivity contribution >= 4 is 22.6 Å². The van der Waals surface area contributed by atoms with E-state index in [1.165, 1.54) is 0 Å². The van der Waals surface area contributed by atoms with Gasteiger partial charge in [0, 0.05) is 13.2 Å². The van der Waals surface area contributed by atoms with Crippen LogP contribution in [0.15, 0.2) is 24.4 Å². The molecule has 0 fully saturated rings. The molecule has 0 N–H and O–H groups in total. The van der Waals surface area contributed by atoms with Crippen LogP contribution in [0.1, 0.15) is 18.4 Å². The maximum atomic E-state index is 6.10. The summed E-state index contributed by atoms with van der Waals surface area (Å²) in [4.78, 5) is 4.63. The number of nitrogens with zero attached hydrogens (tertiary/aromatic N) is 4. The number of imidazole rings is 1. The summed E-state index contributed by atoms with van der Waals surface area (Å²) in [6.45, 7) is 2.09. The van der Waals surface area contributed by atoms with E-state index in [0.29, 0.717) is 5.88 Å². The molecule has 2 heterocycles. The molecule has 0 saturated carbocycles. The van der Waals surface area contributed by atoms with Gasteiger partial charge in [-0.05, 0) is 18.6 Å². The number of halogens is 1. The Morgan fingerprint density at radius 1 is 1.33 bits per heavy atom. The number of ether oxygens (including phenoxy) is 1. The number of rotatable bonds is 4. The second-order valence-corrected chi connectivity index (χ2v) is 5.08. The van der Waals surface area contributed by atoms with E-state index in [1.807, 2.05) is 36.1 Å². The Balaban J connectivity index is 2.35. The molecule has 0 bridgehead atoms. The van der Waals surface area contributed by atoms with E-state index in [0.717, 1.165) is 40.4 Å². The average molecular weight is 305 g/mol. The number of benzene rings is 1. The number of aryl methyl sites for hydroxylation is 2. The highest BCUT2D eigenvalue weighted by atomic mass is 35.5. The summed E-state index contributed by atoms with van der Waals surface area (Å²) in [6.07, 6.45) is 2.84. The Hall–Kier alpha value is -2.01. The van der Waals surface area contributed by atoms with Crippen molar-refractivity contribution in [2.45, 2.75) is 19.2 Å². The first-order valence-corrected chi connectivity index (χ1v) is 7.36. The highest BCUT2D eigenvalue weighted by molar-refractivity contribution is 6.17. The van der Waals surface area contributed by atoms with Crippen LogP contribution in [0.3, 0.4) is 0 Å². The average Bonchev–Trinajstić information content (AvgIpc) is 3.05. The van der Waals surface area contributed by atoms with Crippen molar-refractivity contribution in [3.8, 4) is 11.4 Å². The molecule has 0 radical (unpaired) electrons. The molecule has 5 nitrogen and oxygen atoms in total. The summed E-state index contributed by atoms with van der Waals surface area (Å²) >= 11 is 6.10. The van der Waals surface area contributed by atoms with E-state index in [4.69, 9.17) is 16.3 Å². The molecule has 0 atom stereocenters. The van der Waals surface area contributed by atoms with E-state index >= 15 is 0 Å². The maximum Gasteiger partial charge on any atom is 0.146 e. The third-order valence-electron chi connectivity index (χ3n) is 3.52. The van der Waals surface area contributed by atoms with E-state index in [1.54, 1.807) is 7.11 Å². The zero-order valence-corrected chi connectivity index (χ0v) is 13.1. The molecule has 110 valence electrons. The minimum atomic E-state index is 0.329. The standard InChI is InChI=1S/C15H17ClN4O/c1-4-10-12(9-19(2)18-10)20-11-6-5-7-13(21-3)15(11)17-14(20)8-16/h5-7,9H,4,8H2,1-3H3. The van der Waals surface area contributed by atoms with Crippen LogP contribution in [0, 0.1) is 0 Å². The van der Waals surface area contributed by atoms with Gasteiger partial charge in [0.05, 0.1) is 29.9 Å². The highest BCUT2D eigenvalue weighted by Crippen LogP contribution is 2.30. The third kappa shape index (κ3) is 2.17. The molecule has 0 aliphatic carbocycles. The lowest BCUT2D eigenvalue weighted by Gasteiger charge is -2.07. The molecule has 0 unspecified atom stereocenters. The van der Waals surface area contributed by atoms with Crippen LogP contribution in [0.4, 0.5) is 0 Å². The lowest BCUT2D eigenvalue weighted by atomic mass is 10.2. The maximum absolute atomic E-state index is 6.10. The molecule has 2 aromatic heterocycles. The summed E-state index contributed by atoms with van der Waals surface area (Å²) in [6, 6.07) is 5.88. The van der Waals surface area contributed by atoms with Gasteiger partial charge < -0.3 is 4.74 Å². The Morgan fingerprint density at radius 2 is 2.14 bits per heavy atom. The van der Waals surface area contributed by atoms with E-state index in [2.05, 4.69) is 21.6 Å². The monoisotopic (exact) mass is 304 g/mol. The number of fused-ring (bicyclic) bond motifs is 1. The number of methoxy groups -OCH3 is 1. The van der Waals surface area contributed by atoms with Crippen molar-refractivity contribution in [2.75, 3.05) is 7.11 Å². The molecule has 21 heavy (non-hydrogen) atoms. The molecule has 3 aromatic rings. The molecule has 3 rings (SSSR count). The SMILES string of the molecule is CCc1nn(C)cc1-n1c(CCl)nc2c(OC)cccc21. The first kappa shape index (κ1) is 13.9. The van der Waals surface area contributed by atoms with Crippen LogP contribution >= 0.6 is 11.6 Å². The molecule has 0 aliphatic rings. The van der Waals surface area contributed by atoms with Gasteiger partial charge in [-0.15, -0.1) is 11.6 Å². The lowest BCUT2D eigenvalue weighted by Crippen LogP contribution is -2.01. The Labute approximate surface area is 128 Å². The largest absolute Gasteiger partial charge is 0.494 e. The van der Waals surface area contributed by atoms with Gasteiger partial charge >= 0.3 is 0 Å². The second-order valence-electron chi connectivity index (χ2n) is 4.81. The van der Waals surface area contributed by atoms with Gasteiger partial charge in [0.2, 0.25) is 0 Å². The highest BCUT2D eigenvalue weighted by Gasteiger charge is 2.18. The summed E-state index contributed by atoms with van der Waals surface area (Å²) in [5.74, 6) is 1.87. The summed E-state index contributed by atoms with van der Waals surface area (Å²) in [5.41, 5.74) is 3.84. The van der Waals surface area contributed by atoms with Gasteiger partial charge in [0.1, 0.15) is 17.1 Å². The van der Waals surface area contributed by atoms with Gasteiger partial charge in [-0.1, -0.05) is 13.0 Å². The van der Waals surface area contributed by atoms with Crippen LogP contribution in [0.2, 0.25) is 0 Å². The summed E-state index contributed by atoms with van der Waals surface area (Å²) < 4.78 is 9.28. The molecule has 1 aromatic carbocycles. The molecule has 6 heteroatoms. The topological polar surface area (TPSA) is 44.9 Å². The molecule has 0 aliphatic heterocycles. The van der Waals surface area contributed by atoms with Crippen molar-refractivity contribution in [1.82, 2.24) is 19.3 Å². The first-order chi connectivity index (χ1) is 10.2. The normalized spacial score (nSPS) is 11.2. The summed E-state index contributed by atoms with van der Waals surface area (Å²) in [5, 5.41) is 4.50. The number of hydrogen-bond acceptors (Lipinski definition) is 3. The van der Waals surface area contributed by atoms with Gasteiger partial charge in [-0.3, -0.25) is 9.25 Å². The minimum absolute atomic E-state index is 0.329. The van der Waals surface area contributed by atoms with E-state index < -0.39 is 0 Å². The fourth-order valence-electron chi connectivity index (χ4n) is 2.61. The zero-order chi connectivity index (χ0) is 15.0. The van der Waals surface area contributed by atoms with E-state index in [-0.39, 0.29) is 0 Å². The molecule has 0 amide bonds. The van der Waals surface area contributed by atoms with Crippen LogP contribution in [0.5, 0.6) is 5.75 Å². The van der Waals surface area contributed by atoms with Crippen LogP contribution < -0.4 is 4.74 Å². The third-order valence-corrected chi connectivity index (χ3v) is 3.76. The van der Waals surface area contributed by atoms with Crippen LogP contribution in [-0.4, -0.2) is 26.4 Å². The quantitative estimate of drug-likeness (QED) is 0.696. The molecular formula is C15H17ClN4O. The lowest BCUT2D eigenvalue weighted by molar-refractivity contribution is 0.419. The van der Waals surface area contributed by atoms with Crippen molar-refractivity contribution in [2.24, 2.45) is 7.05 Å². The first-order valence-electron chi connectivity index (χ1n) is 6.82. The predicted octanol–water partition coefficient (Wildman–Crippen LogP) is 3.07. The molecule has 0 saturated heterocycles. The fraction of sp³-hybridized carbons (Fsp3) is 0.333. The van der Waals surface area contributed by atoms with Crippen molar-refractivity contribution < 1.29 is 4.74 Å². The number of para-hydroxylation sites is 1. The van der Waals surface area contributed by atoms with E-state index in [9.17, 15) is 0 Å². The van der Waals surface area contributed by atoms with Gasteiger partial charge in [0.15, 0.2) is 0 Å². The molecule has 0 spiro atoms. The molecular weight excluding hydrogens is 288 g/mol. The number of hydrogen-bond donors (Lipinski definition) is 0. The Kier molecular flexibility index (Phi) is 3.59. The van der Waals surface area contributed by atoms with Crippen LogP contribution in [0.25, 0.3) is 16.7 Å². The Bertz CT molecular complexity index is 790. The second kappa shape index (κ2) is 5.41.